The highest BCUT2D eigenvalue weighted by Crippen LogP contribution is 2.33. The van der Waals surface area contributed by atoms with Crippen LogP contribution in [0.25, 0.3) is 0 Å². The van der Waals surface area contributed by atoms with Gasteiger partial charge >= 0.3 is 0 Å². The third-order valence-corrected chi connectivity index (χ3v) is 5.91. The van der Waals surface area contributed by atoms with Crippen molar-refractivity contribution in [1.29, 1.82) is 0 Å². The summed E-state index contributed by atoms with van der Waals surface area (Å²) in [6, 6.07) is 12.8. The molecule has 0 aliphatic carbocycles. The molecule has 1 heterocycles. The zero-order valence-corrected chi connectivity index (χ0v) is 16.9. The van der Waals surface area contributed by atoms with E-state index in [4.69, 9.17) is 34.8 Å². The van der Waals surface area contributed by atoms with Gasteiger partial charge < -0.3 is 10.4 Å². The van der Waals surface area contributed by atoms with E-state index in [-0.39, 0.29) is 18.4 Å². The number of benzene rings is 2. The summed E-state index contributed by atoms with van der Waals surface area (Å²) >= 11 is 18.0. The SMILES string of the molecule is O=C(CN1CCC(C(O)c2ccccc2)CC1)Nc1cc(Cl)c(Cl)cc1Cl. The van der Waals surface area contributed by atoms with Gasteiger partial charge in [0.05, 0.1) is 33.4 Å². The van der Waals surface area contributed by atoms with Crippen molar-refractivity contribution in [2.75, 3.05) is 25.0 Å². The van der Waals surface area contributed by atoms with Gasteiger partial charge in [-0.2, -0.15) is 0 Å². The molecule has 1 fully saturated rings. The van der Waals surface area contributed by atoms with Gasteiger partial charge in [0.25, 0.3) is 0 Å². The molecular weight excluding hydrogens is 407 g/mol. The van der Waals surface area contributed by atoms with Crippen molar-refractivity contribution in [3.8, 4) is 0 Å². The first-order valence-corrected chi connectivity index (χ1v) is 9.97. The quantitative estimate of drug-likeness (QED) is 0.658. The van der Waals surface area contributed by atoms with Crippen molar-refractivity contribution >= 4 is 46.4 Å². The van der Waals surface area contributed by atoms with Crippen LogP contribution in [0.5, 0.6) is 0 Å². The first-order chi connectivity index (χ1) is 12.9. The topological polar surface area (TPSA) is 52.6 Å². The summed E-state index contributed by atoms with van der Waals surface area (Å²) in [4.78, 5) is 14.4. The molecular formula is C20H21Cl3N2O2. The summed E-state index contributed by atoms with van der Waals surface area (Å²) in [6.45, 7) is 1.79. The Bertz CT molecular complexity index is 793. The summed E-state index contributed by atoms with van der Waals surface area (Å²) < 4.78 is 0. The van der Waals surface area contributed by atoms with Crippen LogP contribution in [0.15, 0.2) is 42.5 Å². The molecule has 27 heavy (non-hydrogen) atoms. The monoisotopic (exact) mass is 426 g/mol. The van der Waals surface area contributed by atoms with E-state index in [0.29, 0.717) is 20.8 Å². The van der Waals surface area contributed by atoms with Gasteiger partial charge in [-0.15, -0.1) is 0 Å². The molecule has 3 rings (SSSR count). The number of piperidine rings is 1. The van der Waals surface area contributed by atoms with E-state index in [0.717, 1.165) is 31.5 Å². The zero-order chi connectivity index (χ0) is 19.4. The third-order valence-electron chi connectivity index (χ3n) is 4.87. The average molecular weight is 428 g/mol. The van der Waals surface area contributed by atoms with Crippen LogP contribution in [0.2, 0.25) is 15.1 Å². The second-order valence-corrected chi connectivity index (χ2v) is 7.99. The highest BCUT2D eigenvalue weighted by Gasteiger charge is 2.27. The molecule has 1 amide bonds. The molecule has 1 atom stereocenters. The summed E-state index contributed by atoms with van der Waals surface area (Å²) in [5, 5.41) is 14.4. The van der Waals surface area contributed by atoms with Gasteiger partial charge in [0.2, 0.25) is 5.91 Å². The Kier molecular flexibility index (Phi) is 7.01. The van der Waals surface area contributed by atoms with Crippen LogP contribution in [0, 0.1) is 5.92 Å². The molecule has 144 valence electrons. The van der Waals surface area contributed by atoms with Gasteiger partial charge in [-0.1, -0.05) is 65.1 Å². The number of halogens is 3. The Morgan fingerprint density at radius 2 is 1.70 bits per heavy atom. The number of hydrogen-bond donors (Lipinski definition) is 2. The van der Waals surface area contributed by atoms with Gasteiger partial charge in [-0.05, 0) is 49.5 Å². The fourth-order valence-corrected chi connectivity index (χ4v) is 3.95. The van der Waals surface area contributed by atoms with Crippen molar-refractivity contribution in [3.63, 3.8) is 0 Å². The summed E-state index contributed by atoms with van der Waals surface area (Å²) in [5.74, 6) is 0.0496. The summed E-state index contributed by atoms with van der Waals surface area (Å²) in [7, 11) is 0. The van der Waals surface area contributed by atoms with Crippen molar-refractivity contribution in [1.82, 2.24) is 4.90 Å². The molecule has 0 aromatic heterocycles. The van der Waals surface area contributed by atoms with Crippen LogP contribution >= 0.6 is 34.8 Å². The number of anilines is 1. The molecule has 7 heteroatoms. The first kappa shape index (κ1) is 20.4. The molecule has 2 aromatic rings. The van der Waals surface area contributed by atoms with Crippen LogP contribution in [0.1, 0.15) is 24.5 Å². The maximum Gasteiger partial charge on any atom is 0.238 e. The van der Waals surface area contributed by atoms with Crippen LogP contribution in [-0.2, 0) is 4.79 Å². The minimum absolute atomic E-state index is 0.155. The Morgan fingerprint density at radius 3 is 2.37 bits per heavy atom. The fourth-order valence-electron chi connectivity index (χ4n) is 3.36. The zero-order valence-electron chi connectivity index (χ0n) is 14.7. The number of aliphatic hydroxyl groups excluding tert-OH is 1. The maximum atomic E-state index is 12.3. The van der Waals surface area contributed by atoms with Gasteiger partial charge in [0.15, 0.2) is 0 Å². The van der Waals surface area contributed by atoms with Crippen molar-refractivity contribution in [2.24, 2.45) is 5.92 Å². The number of nitrogens with zero attached hydrogens (tertiary/aromatic N) is 1. The molecule has 0 radical (unpaired) electrons. The molecule has 1 saturated heterocycles. The Hall–Kier alpha value is -1.30. The van der Waals surface area contributed by atoms with E-state index in [1.54, 1.807) is 6.07 Å². The lowest BCUT2D eigenvalue weighted by Crippen LogP contribution is -2.40. The second kappa shape index (κ2) is 9.26. The highest BCUT2D eigenvalue weighted by atomic mass is 35.5. The van der Waals surface area contributed by atoms with Gasteiger partial charge in [0, 0.05) is 0 Å². The second-order valence-electron chi connectivity index (χ2n) is 6.76. The smallest absolute Gasteiger partial charge is 0.238 e. The van der Waals surface area contributed by atoms with Crippen molar-refractivity contribution < 1.29 is 9.90 Å². The predicted molar refractivity (Wildman–Crippen MR) is 111 cm³/mol. The molecule has 2 aromatic carbocycles. The van der Waals surface area contributed by atoms with Crippen LogP contribution in [0.4, 0.5) is 5.69 Å². The standard InChI is InChI=1S/C20H21Cl3N2O2/c21-15-10-17(23)18(11-16(15)22)24-19(26)12-25-8-6-14(7-9-25)20(27)13-4-2-1-3-5-13/h1-5,10-11,14,20,27H,6-9,12H2,(H,24,26). The summed E-state index contributed by atoms with van der Waals surface area (Å²) in [5.41, 5.74) is 1.40. The molecule has 0 saturated carbocycles. The minimum Gasteiger partial charge on any atom is -0.388 e. The first-order valence-electron chi connectivity index (χ1n) is 8.84. The van der Waals surface area contributed by atoms with E-state index in [1.807, 2.05) is 30.3 Å². The van der Waals surface area contributed by atoms with Gasteiger partial charge in [0.1, 0.15) is 0 Å². The number of hydrogen-bond acceptors (Lipinski definition) is 3. The van der Waals surface area contributed by atoms with Gasteiger partial charge in [-0.25, -0.2) is 0 Å². The molecule has 1 unspecified atom stereocenters. The molecule has 4 nitrogen and oxygen atoms in total. The highest BCUT2D eigenvalue weighted by molar-refractivity contribution is 6.44. The average Bonchev–Trinajstić information content (AvgIpc) is 2.67. The van der Waals surface area contributed by atoms with Crippen molar-refractivity contribution in [2.45, 2.75) is 18.9 Å². The van der Waals surface area contributed by atoms with Crippen LogP contribution < -0.4 is 5.32 Å². The molecule has 1 aliphatic rings. The number of carbonyl (C=O) groups is 1. The molecule has 0 bridgehead atoms. The number of nitrogens with one attached hydrogen (secondary N) is 1. The third kappa shape index (κ3) is 5.37. The van der Waals surface area contributed by atoms with Crippen LogP contribution in [0.3, 0.4) is 0 Å². The number of amides is 1. The fraction of sp³-hybridized carbons (Fsp3) is 0.350. The lowest BCUT2D eigenvalue weighted by atomic mass is 9.87. The minimum atomic E-state index is -0.461. The summed E-state index contributed by atoms with van der Waals surface area (Å²) in [6.07, 6.45) is 1.23. The number of aliphatic hydroxyl groups is 1. The lowest BCUT2D eigenvalue weighted by Gasteiger charge is -2.34. The number of likely N-dealkylation sites (tertiary alicyclic amines) is 1. The van der Waals surface area contributed by atoms with E-state index >= 15 is 0 Å². The lowest BCUT2D eigenvalue weighted by molar-refractivity contribution is -0.117. The predicted octanol–water partition coefficient (Wildman–Crippen LogP) is 5.03. The molecule has 1 aliphatic heterocycles. The Balaban J connectivity index is 1.50. The Morgan fingerprint density at radius 1 is 1.07 bits per heavy atom. The maximum absolute atomic E-state index is 12.3. The van der Waals surface area contributed by atoms with Gasteiger partial charge in [-0.3, -0.25) is 9.69 Å². The van der Waals surface area contributed by atoms with Crippen molar-refractivity contribution in [3.05, 3.63) is 63.1 Å². The normalized spacial score (nSPS) is 16.9. The van der Waals surface area contributed by atoms with E-state index in [1.165, 1.54) is 6.07 Å². The Labute approximate surface area is 174 Å². The number of carbonyl (C=O) groups excluding carboxylic acids is 1. The number of rotatable bonds is 5. The largest absolute Gasteiger partial charge is 0.388 e. The van der Waals surface area contributed by atoms with Crippen LogP contribution in [-0.4, -0.2) is 35.5 Å². The molecule has 2 N–H and O–H groups in total. The molecule has 0 spiro atoms. The van der Waals surface area contributed by atoms with E-state index in [2.05, 4.69) is 10.2 Å². The van der Waals surface area contributed by atoms with E-state index < -0.39 is 6.10 Å². The van der Waals surface area contributed by atoms with E-state index in [9.17, 15) is 9.90 Å².